The highest BCUT2D eigenvalue weighted by Crippen LogP contribution is 2.30. The minimum Gasteiger partial charge on any atom is -0.302 e. The van der Waals surface area contributed by atoms with Crippen LogP contribution in [0.2, 0.25) is 0 Å². The second kappa shape index (κ2) is 5.42. The van der Waals surface area contributed by atoms with Gasteiger partial charge in [-0.25, -0.2) is 4.98 Å². The van der Waals surface area contributed by atoms with Crippen molar-refractivity contribution in [3.8, 4) is 22.5 Å². The van der Waals surface area contributed by atoms with Crippen LogP contribution in [0.15, 0.2) is 53.7 Å². The van der Waals surface area contributed by atoms with E-state index in [1.807, 2.05) is 43.3 Å². The number of hydrogen-bond donors (Lipinski definition) is 1. The minimum atomic E-state index is -0.0689. The topological polar surface area (TPSA) is 76.5 Å². The van der Waals surface area contributed by atoms with Crippen LogP contribution in [0.25, 0.3) is 33.4 Å². The van der Waals surface area contributed by atoms with E-state index in [2.05, 4.69) is 20.2 Å². The van der Waals surface area contributed by atoms with Crippen molar-refractivity contribution in [1.82, 2.24) is 24.7 Å². The van der Waals surface area contributed by atoms with Gasteiger partial charge >= 0.3 is 0 Å². The molecule has 0 unspecified atom stereocenters. The van der Waals surface area contributed by atoms with Gasteiger partial charge in [0.05, 0.1) is 34.8 Å². The van der Waals surface area contributed by atoms with E-state index in [1.165, 1.54) is 10.9 Å². The predicted molar refractivity (Wildman–Crippen MR) is 92.5 cm³/mol. The van der Waals surface area contributed by atoms with Gasteiger partial charge in [0, 0.05) is 18.3 Å². The summed E-state index contributed by atoms with van der Waals surface area (Å²) in [7, 11) is 1.70. The molecule has 0 bridgehead atoms. The molecule has 118 valence electrons. The van der Waals surface area contributed by atoms with Gasteiger partial charge in [-0.1, -0.05) is 12.1 Å². The third-order valence-corrected chi connectivity index (χ3v) is 4.01. The molecule has 0 aliphatic rings. The van der Waals surface area contributed by atoms with Gasteiger partial charge in [0.25, 0.3) is 5.56 Å². The fourth-order valence-electron chi connectivity index (χ4n) is 2.76. The molecule has 0 aliphatic heterocycles. The molecule has 4 rings (SSSR count). The summed E-state index contributed by atoms with van der Waals surface area (Å²) in [5.74, 6) is 0. The predicted octanol–water partition coefficient (Wildman–Crippen LogP) is 2.69. The number of aromatic amines is 1. The lowest BCUT2D eigenvalue weighted by atomic mass is 10.0. The summed E-state index contributed by atoms with van der Waals surface area (Å²) in [6.07, 6.45) is 3.28. The Morgan fingerprint density at radius 1 is 1.17 bits per heavy atom. The fourth-order valence-corrected chi connectivity index (χ4v) is 2.76. The summed E-state index contributed by atoms with van der Waals surface area (Å²) in [5.41, 5.74) is 5.01. The molecule has 0 spiro atoms. The van der Waals surface area contributed by atoms with E-state index < -0.39 is 0 Å². The van der Waals surface area contributed by atoms with Crippen LogP contribution >= 0.6 is 0 Å². The average Bonchev–Trinajstić information content (AvgIpc) is 3.08. The van der Waals surface area contributed by atoms with Crippen LogP contribution in [-0.2, 0) is 7.05 Å². The normalized spacial score (nSPS) is 11.1. The Balaban J connectivity index is 1.92. The van der Waals surface area contributed by atoms with Gasteiger partial charge in [-0.15, -0.1) is 0 Å². The van der Waals surface area contributed by atoms with E-state index in [9.17, 15) is 4.79 Å². The van der Waals surface area contributed by atoms with Gasteiger partial charge in [0.15, 0.2) is 0 Å². The highest BCUT2D eigenvalue weighted by molar-refractivity contribution is 5.87. The summed E-state index contributed by atoms with van der Waals surface area (Å²) in [4.78, 5) is 21.2. The highest BCUT2D eigenvalue weighted by atomic mass is 16.1. The molecule has 0 aliphatic carbocycles. The third-order valence-electron chi connectivity index (χ3n) is 4.01. The maximum absolute atomic E-state index is 12.3. The van der Waals surface area contributed by atoms with Crippen LogP contribution in [0, 0.1) is 6.92 Å². The number of nitrogens with zero attached hydrogens (tertiary/aromatic N) is 4. The van der Waals surface area contributed by atoms with Crippen molar-refractivity contribution in [2.24, 2.45) is 7.05 Å². The van der Waals surface area contributed by atoms with E-state index >= 15 is 0 Å². The van der Waals surface area contributed by atoms with Crippen molar-refractivity contribution in [3.63, 3.8) is 0 Å². The maximum Gasteiger partial charge on any atom is 0.260 e. The van der Waals surface area contributed by atoms with Crippen molar-refractivity contribution in [3.05, 3.63) is 65.0 Å². The lowest BCUT2D eigenvalue weighted by molar-refractivity contribution is 0.843. The molecule has 6 nitrogen and oxygen atoms in total. The standard InChI is InChI=1S/C18H15N5O/c1-11-4-3-5-16(21-11)17-14(9-20-22-17)12-6-7-15-13(8-12)18(24)23(2)10-19-15/h3-10H,1-2H3,(H,20,22). The van der Waals surface area contributed by atoms with Gasteiger partial charge in [-0.3, -0.25) is 14.9 Å². The van der Waals surface area contributed by atoms with Gasteiger partial charge in [0.2, 0.25) is 0 Å². The smallest absolute Gasteiger partial charge is 0.260 e. The summed E-state index contributed by atoms with van der Waals surface area (Å²) < 4.78 is 1.48. The first-order valence-corrected chi connectivity index (χ1v) is 7.56. The van der Waals surface area contributed by atoms with Gasteiger partial charge in [-0.2, -0.15) is 5.10 Å². The lowest BCUT2D eigenvalue weighted by Gasteiger charge is -2.06. The number of pyridine rings is 1. The molecule has 24 heavy (non-hydrogen) atoms. The first kappa shape index (κ1) is 14.3. The molecule has 4 aromatic rings. The second-order valence-electron chi connectivity index (χ2n) is 5.72. The molecular formula is C18H15N5O. The SMILES string of the molecule is Cc1cccc(-c2[nH]ncc2-c2ccc3ncn(C)c(=O)c3c2)n1. The largest absolute Gasteiger partial charge is 0.302 e. The van der Waals surface area contributed by atoms with Crippen LogP contribution in [0.4, 0.5) is 0 Å². The molecule has 0 fully saturated rings. The van der Waals surface area contributed by atoms with E-state index in [0.29, 0.717) is 10.9 Å². The van der Waals surface area contributed by atoms with Crippen LogP contribution in [0.5, 0.6) is 0 Å². The Morgan fingerprint density at radius 3 is 2.88 bits per heavy atom. The van der Waals surface area contributed by atoms with Crippen molar-refractivity contribution >= 4 is 10.9 Å². The second-order valence-corrected chi connectivity index (χ2v) is 5.72. The average molecular weight is 317 g/mol. The van der Waals surface area contributed by atoms with Crippen LogP contribution < -0.4 is 5.56 Å². The molecule has 0 atom stereocenters. The van der Waals surface area contributed by atoms with Crippen molar-refractivity contribution in [2.75, 3.05) is 0 Å². The van der Waals surface area contributed by atoms with Crippen LogP contribution in [-0.4, -0.2) is 24.7 Å². The molecule has 0 radical (unpaired) electrons. The van der Waals surface area contributed by atoms with Crippen molar-refractivity contribution < 1.29 is 0 Å². The minimum absolute atomic E-state index is 0.0689. The quantitative estimate of drug-likeness (QED) is 0.616. The zero-order valence-corrected chi connectivity index (χ0v) is 13.3. The third kappa shape index (κ3) is 2.28. The maximum atomic E-state index is 12.3. The summed E-state index contributed by atoms with van der Waals surface area (Å²) in [6.45, 7) is 1.95. The Labute approximate surface area is 137 Å². The first-order valence-electron chi connectivity index (χ1n) is 7.56. The molecule has 0 saturated carbocycles. The number of rotatable bonds is 2. The molecule has 1 aromatic carbocycles. The Kier molecular flexibility index (Phi) is 3.23. The zero-order chi connectivity index (χ0) is 16.7. The number of aryl methyl sites for hydroxylation is 2. The molecule has 0 amide bonds. The van der Waals surface area contributed by atoms with Gasteiger partial charge in [0.1, 0.15) is 0 Å². The number of benzene rings is 1. The molecule has 3 aromatic heterocycles. The molecule has 6 heteroatoms. The number of aromatic nitrogens is 5. The van der Waals surface area contributed by atoms with E-state index in [4.69, 9.17) is 0 Å². The first-order chi connectivity index (χ1) is 11.6. The number of H-pyrrole nitrogens is 1. The molecular weight excluding hydrogens is 302 g/mol. The van der Waals surface area contributed by atoms with Gasteiger partial charge < -0.3 is 4.57 Å². The van der Waals surface area contributed by atoms with E-state index in [0.717, 1.165) is 28.2 Å². The summed E-state index contributed by atoms with van der Waals surface area (Å²) in [5, 5.41) is 7.76. The molecule has 3 heterocycles. The molecule has 1 N–H and O–H groups in total. The Bertz CT molecular complexity index is 1110. The van der Waals surface area contributed by atoms with Crippen molar-refractivity contribution in [1.29, 1.82) is 0 Å². The number of nitrogens with one attached hydrogen (secondary N) is 1. The monoisotopic (exact) mass is 317 g/mol. The summed E-state index contributed by atoms with van der Waals surface area (Å²) in [6, 6.07) is 11.5. The van der Waals surface area contributed by atoms with Crippen LogP contribution in [0.3, 0.4) is 0 Å². The Hall–Kier alpha value is -3.28. The highest BCUT2D eigenvalue weighted by Gasteiger charge is 2.13. The zero-order valence-electron chi connectivity index (χ0n) is 13.3. The fraction of sp³-hybridized carbons (Fsp3) is 0.111. The van der Waals surface area contributed by atoms with Gasteiger partial charge in [-0.05, 0) is 36.8 Å². The number of fused-ring (bicyclic) bond motifs is 1. The molecule has 0 saturated heterocycles. The van der Waals surface area contributed by atoms with E-state index in [-0.39, 0.29) is 5.56 Å². The number of hydrogen-bond acceptors (Lipinski definition) is 4. The van der Waals surface area contributed by atoms with Crippen molar-refractivity contribution in [2.45, 2.75) is 6.92 Å². The van der Waals surface area contributed by atoms with E-state index in [1.54, 1.807) is 13.2 Å². The summed E-state index contributed by atoms with van der Waals surface area (Å²) >= 11 is 0. The lowest BCUT2D eigenvalue weighted by Crippen LogP contribution is -2.16. The Morgan fingerprint density at radius 2 is 2.04 bits per heavy atom. The van der Waals surface area contributed by atoms with Crippen LogP contribution in [0.1, 0.15) is 5.69 Å².